The van der Waals surface area contributed by atoms with Crippen molar-refractivity contribution in [2.24, 2.45) is 0 Å². The number of fused-ring (bicyclic) bond motifs is 1. The van der Waals surface area contributed by atoms with Crippen molar-refractivity contribution in [1.82, 2.24) is 0 Å². The fraction of sp³-hybridized carbons (Fsp3) is 0.238. The molecule has 1 aliphatic rings. The Morgan fingerprint density at radius 3 is 2.75 bits per heavy atom. The highest BCUT2D eigenvalue weighted by Crippen LogP contribution is 2.40. The predicted molar refractivity (Wildman–Crippen MR) is 107 cm³/mol. The number of esters is 1. The summed E-state index contributed by atoms with van der Waals surface area (Å²) in [5, 5.41) is 3.16. The topological polar surface area (TPSA) is 73.9 Å². The average molecular weight is 402 g/mol. The van der Waals surface area contributed by atoms with Gasteiger partial charge in [0.1, 0.15) is 0 Å². The molecule has 1 aliphatic heterocycles. The molecule has 7 heteroatoms. The lowest BCUT2D eigenvalue weighted by molar-refractivity contribution is -0.148. The molecule has 0 bridgehead atoms. The van der Waals surface area contributed by atoms with Crippen LogP contribution in [0, 0.1) is 13.8 Å². The number of anilines is 1. The highest BCUT2D eigenvalue weighted by molar-refractivity contribution is 6.32. The molecule has 0 fully saturated rings. The first-order chi connectivity index (χ1) is 13.3. The summed E-state index contributed by atoms with van der Waals surface area (Å²) >= 11 is 6.11. The molecule has 0 aromatic heterocycles. The molecule has 0 spiro atoms. The van der Waals surface area contributed by atoms with Crippen LogP contribution in [0.1, 0.15) is 23.6 Å². The van der Waals surface area contributed by atoms with E-state index in [-0.39, 0.29) is 6.79 Å². The quantitative estimate of drug-likeness (QED) is 0.598. The van der Waals surface area contributed by atoms with E-state index in [2.05, 4.69) is 5.32 Å². The molecule has 1 atom stereocenters. The molecule has 1 N–H and O–H groups in total. The maximum absolute atomic E-state index is 12.3. The smallest absolute Gasteiger partial charge is 0.331 e. The third-order valence-corrected chi connectivity index (χ3v) is 4.44. The van der Waals surface area contributed by atoms with Gasteiger partial charge in [-0.1, -0.05) is 29.3 Å². The Morgan fingerprint density at radius 2 is 2.00 bits per heavy atom. The van der Waals surface area contributed by atoms with Gasteiger partial charge >= 0.3 is 5.97 Å². The lowest BCUT2D eigenvalue weighted by Gasteiger charge is -2.14. The number of aryl methyl sites for hydroxylation is 2. The predicted octanol–water partition coefficient (Wildman–Crippen LogP) is 4.27. The van der Waals surface area contributed by atoms with Crippen LogP contribution in [0.25, 0.3) is 6.08 Å². The molecule has 2 aromatic carbocycles. The average Bonchev–Trinajstić information content (AvgIpc) is 3.11. The summed E-state index contributed by atoms with van der Waals surface area (Å²) in [7, 11) is 0. The standard InChI is InChI=1S/C21H20ClNO5/c1-12-4-6-17(13(2)8-12)23-21(25)14(3)28-19(24)7-5-15-9-16(22)20-18(10-15)26-11-27-20/h4-10,14H,11H2,1-3H3,(H,23,25)/b7-5+/t14-/m1/s1. The van der Waals surface area contributed by atoms with E-state index in [1.807, 2.05) is 32.0 Å². The summed E-state index contributed by atoms with van der Waals surface area (Å²) in [6.45, 7) is 5.50. The number of halogens is 1. The third-order valence-electron chi connectivity index (χ3n) is 4.16. The largest absolute Gasteiger partial charge is 0.454 e. The molecular weight excluding hydrogens is 382 g/mol. The van der Waals surface area contributed by atoms with Gasteiger partial charge in [-0.3, -0.25) is 4.79 Å². The van der Waals surface area contributed by atoms with Crippen molar-refractivity contribution in [2.75, 3.05) is 12.1 Å². The van der Waals surface area contributed by atoms with E-state index in [1.165, 1.54) is 19.1 Å². The number of carbonyl (C=O) groups is 2. The molecule has 0 unspecified atom stereocenters. The number of rotatable bonds is 5. The van der Waals surface area contributed by atoms with Gasteiger partial charge in [-0.2, -0.15) is 0 Å². The summed E-state index contributed by atoms with van der Waals surface area (Å²) in [5.74, 6) is -0.0447. The number of nitrogens with one attached hydrogen (secondary N) is 1. The number of carbonyl (C=O) groups excluding carboxylic acids is 2. The summed E-state index contributed by atoms with van der Waals surface area (Å²) in [4.78, 5) is 24.3. The SMILES string of the molecule is Cc1ccc(NC(=O)[C@@H](C)OC(=O)/C=C/c2cc(Cl)c3c(c2)OCO3)c(C)c1. The second kappa shape index (κ2) is 8.35. The van der Waals surface area contributed by atoms with Crippen LogP contribution in [0.15, 0.2) is 36.4 Å². The highest BCUT2D eigenvalue weighted by atomic mass is 35.5. The Morgan fingerprint density at radius 1 is 1.21 bits per heavy atom. The molecule has 0 radical (unpaired) electrons. The van der Waals surface area contributed by atoms with Gasteiger partial charge in [0, 0.05) is 11.8 Å². The maximum atomic E-state index is 12.3. The number of ether oxygens (including phenoxy) is 3. The van der Waals surface area contributed by atoms with Crippen LogP contribution in [-0.2, 0) is 14.3 Å². The number of hydrogen-bond acceptors (Lipinski definition) is 5. The first-order valence-corrected chi connectivity index (χ1v) is 9.07. The van der Waals surface area contributed by atoms with Crippen LogP contribution < -0.4 is 14.8 Å². The van der Waals surface area contributed by atoms with Gasteiger partial charge in [0.25, 0.3) is 5.91 Å². The van der Waals surface area contributed by atoms with Gasteiger partial charge in [-0.15, -0.1) is 0 Å². The fourth-order valence-corrected chi connectivity index (χ4v) is 2.98. The summed E-state index contributed by atoms with van der Waals surface area (Å²) < 4.78 is 15.7. The minimum atomic E-state index is -0.946. The fourth-order valence-electron chi connectivity index (χ4n) is 2.70. The van der Waals surface area contributed by atoms with Crippen LogP contribution in [0.3, 0.4) is 0 Å². The van der Waals surface area contributed by atoms with E-state index < -0.39 is 18.0 Å². The molecule has 146 valence electrons. The van der Waals surface area contributed by atoms with Crippen LogP contribution in [0.5, 0.6) is 11.5 Å². The van der Waals surface area contributed by atoms with E-state index >= 15 is 0 Å². The molecule has 0 saturated carbocycles. The Kier molecular flexibility index (Phi) is 5.90. The molecular formula is C21H20ClNO5. The molecule has 6 nitrogen and oxygen atoms in total. The summed E-state index contributed by atoms with van der Waals surface area (Å²) in [6.07, 6.45) is 1.82. The summed E-state index contributed by atoms with van der Waals surface area (Å²) in [6, 6.07) is 9.04. The lowest BCUT2D eigenvalue weighted by atomic mass is 10.1. The van der Waals surface area contributed by atoms with Gasteiger partial charge in [0.05, 0.1) is 5.02 Å². The van der Waals surface area contributed by atoms with Crippen molar-refractivity contribution >= 4 is 35.2 Å². The monoisotopic (exact) mass is 401 g/mol. The molecule has 1 heterocycles. The van der Waals surface area contributed by atoms with Crippen molar-refractivity contribution in [2.45, 2.75) is 26.9 Å². The zero-order valence-electron chi connectivity index (χ0n) is 15.7. The highest BCUT2D eigenvalue weighted by Gasteiger charge is 2.19. The van der Waals surface area contributed by atoms with Crippen molar-refractivity contribution in [3.63, 3.8) is 0 Å². The Hall–Kier alpha value is -2.99. The maximum Gasteiger partial charge on any atom is 0.331 e. The molecule has 28 heavy (non-hydrogen) atoms. The van der Waals surface area contributed by atoms with Gasteiger partial charge < -0.3 is 19.5 Å². The molecule has 2 aromatic rings. The van der Waals surface area contributed by atoms with Crippen LogP contribution in [-0.4, -0.2) is 24.8 Å². The molecule has 1 amide bonds. The van der Waals surface area contributed by atoms with Crippen molar-refractivity contribution in [3.8, 4) is 11.5 Å². The summed E-state index contributed by atoms with van der Waals surface area (Å²) in [5.41, 5.74) is 3.37. The van der Waals surface area contributed by atoms with E-state index in [0.29, 0.717) is 27.8 Å². The third kappa shape index (κ3) is 4.64. The minimum absolute atomic E-state index is 0.108. The Bertz CT molecular complexity index is 954. The van der Waals surface area contributed by atoms with Crippen LogP contribution in [0.2, 0.25) is 5.02 Å². The number of benzene rings is 2. The second-order valence-electron chi connectivity index (χ2n) is 6.46. The normalized spacial score (nSPS) is 13.4. The van der Waals surface area contributed by atoms with Crippen molar-refractivity contribution < 1.29 is 23.8 Å². The second-order valence-corrected chi connectivity index (χ2v) is 6.86. The minimum Gasteiger partial charge on any atom is -0.454 e. The van der Waals surface area contributed by atoms with Gasteiger partial charge in [0.15, 0.2) is 17.6 Å². The zero-order valence-corrected chi connectivity index (χ0v) is 16.5. The molecule has 0 aliphatic carbocycles. The van der Waals surface area contributed by atoms with Crippen LogP contribution in [0.4, 0.5) is 5.69 Å². The van der Waals surface area contributed by atoms with Gasteiger partial charge in [-0.25, -0.2) is 4.79 Å². The van der Waals surface area contributed by atoms with E-state index in [0.717, 1.165) is 11.1 Å². The zero-order chi connectivity index (χ0) is 20.3. The molecule has 0 saturated heterocycles. The number of amides is 1. The van der Waals surface area contributed by atoms with E-state index in [4.69, 9.17) is 25.8 Å². The van der Waals surface area contributed by atoms with E-state index in [1.54, 1.807) is 12.1 Å². The van der Waals surface area contributed by atoms with Crippen LogP contribution >= 0.6 is 11.6 Å². The number of hydrogen-bond donors (Lipinski definition) is 1. The van der Waals surface area contributed by atoms with Crippen molar-refractivity contribution in [1.29, 1.82) is 0 Å². The van der Waals surface area contributed by atoms with Gasteiger partial charge in [-0.05, 0) is 56.2 Å². The van der Waals surface area contributed by atoms with Gasteiger partial charge in [0.2, 0.25) is 6.79 Å². The Balaban J connectivity index is 1.58. The Labute approximate surface area is 168 Å². The lowest BCUT2D eigenvalue weighted by Crippen LogP contribution is -2.29. The first-order valence-electron chi connectivity index (χ1n) is 8.69. The van der Waals surface area contributed by atoms with Crippen molar-refractivity contribution in [3.05, 3.63) is 58.1 Å². The molecule has 3 rings (SSSR count). The van der Waals surface area contributed by atoms with E-state index in [9.17, 15) is 9.59 Å². The first kappa shape index (κ1) is 19.8.